The summed E-state index contributed by atoms with van der Waals surface area (Å²) in [5.41, 5.74) is 1.99. The van der Waals surface area contributed by atoms with E-state index < -0.39 is 12.6 Å². The largest absolute Gasteiger partial charge is 0.390 e. The smallest absolute Gasteiger partial charge is 0.382 e. The van der Waals surface area contributed by atoms with Crippen LogP contribution in [0.3, 0.4) is 0 Å². The van der Waals surface area contributed by atoms with Gasteiger partial charge >= 0.3 is 6.18 Å². The van der Waals surface area contributed by atoms with Gasteiger partial charge in [-0.25, -0.2) is 4.98 Å². The summed E-state index contributed by atoms with van der Waals surface area (Å²) in [5.74, 6) is 0. The van der Waals surface area contributed by atoms with E-state index in [2.05, 4.69) is 16.9 Å². The SMILES string of the molecule is C=Cc1cc(NCCC(F)(F)F)c2nccn2c1. The topological polar surface area (TPSA) is 29.3 Å². The first-order chi connectivity index (χ1) is 8.49. The Morgan fingerprint density at radius 3 is 2.89 bits per heavy atom. The van der Waals surface area contributed by atoms with E-state index in [1.807, 2.05) is 6.20 Å². The first-order valence-electron chi connectivity index (χ1n) is 5.39. The number of rotatable bonds is 4. The number of pyridine rings is 1. The number of halogens is 3. The van der Waals surface area contributed by atoms with Crippen LogP contribution < -0.4 is 5.32 Å². The number of fused-ring (bicyclic) bond motifs is 1. The second kappa shape index (κ2) is 4.72. The number of nitrogens with zero attached hydrogens (tertiary/aromatic N) is 2. The van der Waals surface area contributed by atoms with Crippen molar-refractivity contribution in [1.29, 1.82) is 0 Å². The minimum Gasteiger partial charge on any atom is -0.382 e. The van der Waals surface area contributed by atoms with Crippen LogP contribution in [0.25, 0.3) is 11.7 Å². The molecule has 2 heterocycles. The molecule has 0 amide bonds. The average Bonchev–Trinajstić information content (AvgIpc) is 2.75. The van der Waals surface area contributed by atoms with Crippen LogP contribution in [-0.4, -0.2) is 22.1 Å². The van der Waals surface area contributed by atoms with Crippen molar-refractivity contribution < 1.29 is 13.2 Å². The Labute approximate surface area is 102 Å². The highest BCUT2D eigenvalue weighted by atomic mass is 19.4. The van der Waals surface area contributed by atoms with E-state index in [4.69, 9.17) is 0 Å². The minimum absolute atomic E-state index is 0.174. The van der Waals surface area contributed by atoms with E-state index in [-0.39, 0.29) is 6.54 Å². The summed E-state index contributed by atoms with van der Waals surface area (Å²) in [7, 11) is 0. The van der Waals surface area contributed by atoms with Crippen molar-refractivity contribution in [1.82, 2.24) is 9.38 Å². The number of hydrogen-bond donors (Lipinski definition) is 1. The second-order valence-electron chi connectivity index (χ2n) is 3.84. The minimum atomic E-state index is -4.16. The molecule has 3 nitrogen and oxygen atoms in total. The van der Waals surface area contributed by atoms with Crippen molar-refractivity contribution in [3.63, 3.8) is 0 Å². The molecule has 0 saturated heterocycles. The van der Waals surface area contributed by atoms with Gasteiger partial charge in [-0.1, -0.05) is 12.7 Å². The highest BCUT2D eigenvalue weighted by Crippen LogP contribution is 2.22. The van der Waals surface area contributed by atoms with Gasteiger partial charge in [-0.3, -0.25) is 0 Å². The van der Waals surface area contributed by atoms with E-state index >= 15 is 0 Å². The number of aromatic nitrogens is 2. The Morgan fingerprint density at radius 1 is 1.44 bits per heavy atom. The summed E-state index contributed by atoms with van der Waals surface area (Å²) in [6, 6.07) is 1.73. The van der Waals surface area contributed by atoms with Crippen molar-refractivity contribution in [2.75, 3.05) is 11.9 Å². The molecule has 0 unspecified atom stereocenters. The molecule has 0 spiro atoms. The summed E-state index contributed by atoms with van der Waals surface area (Å²) in [4.78, 5) is 4.09. The summed E-state index contributed by atoms with van der Waals surface area (Å²) in [5, 5.41) is 2.75. The molecule has 0 bridgehead atoms. The van der Waals surface area contributed by atoms with E-state index in [9.17, 15) is 13.2 Å². The number of imidazole rings is 1. The van der Waals surface area contributed by atoms with E-state index in [0.29, 0.717) is 11.3 Å². The zero-order valence-corrected chi connectivity index (χ0v) is 9.54. The quantitative estimate of drug-likeness (QED) is 0.907. The molecule has 0 radical (unpaired) electrons. The van der Waals surface area contributed by atoms with E-state index in [0.717, 1.165) is 5.56 Å². The van der Waals surface area contributed by atoms with Gasteiger partial charge in [0.2, 0.25) is 0 Å². The Bertz CT molecular complexity index is 557. The Kier molecular flexibility index (Phi) is 3.27. The predicted octanol–water partition coefficient (Wildman–Crippen LogP) is 3.34. The maximum atomic E-state index is 12.1. The molecule has 0 aliphatic rings. The molecule has 0 aromatic carbocycles. The van der Waals surface area contributed by atoms with Crippen LogP contribution in [0, 0.1) is 0 Å². The van der Waals surface area contributed by atoms with Crippen molar-refractivity contribution in [2.24, 2.45) is 0 Å². The molecular formula is C12H12F3N3. The molecule has 0 saturated carbocycles. The Hall–Kier alpha value is -1.98. The standard InChI is InChI=1S/C12H12F3N3/c1-2-9-7-10(16-4-3-12(13,14)15)11-17-5-6-18(11)8-9/h2,5-8,16H,1,3-4H2. The monoisotopic (exact) mass is 255 g/mol. The van der Waals surface area contributed by atoms with Crippen LogP contribution >= 0.6 is 0 Å². The third kappa shape index (κ3) is 2.82. The molecule has 2 rings (SSSR count). The van der Waals surface area contributed by atoms with Crippen LogP contribution in [-0.2, 0) is 0 Å². The first-order valence-corrected chi connectivity index (χ1v) is 5.39. The molecule has 1 N–H and O–H groups in total. The zero-order valence-electron chi connectivity index (χ0n) is 9.54. The molecule has 2 aromatic rings. The summed E-state index contributed by atoms with van der Waals surface area (Å²) >= 11 is 0. The molecule has 6 heteroatoms. The summed E-state index contributed by atoms with van der Waals surface area (Å²) < 4.78 is 38.0. The van der Waals surface area contributed by atoms with Gasteiger partial charge in [0.05, 0.1) is 12.1 Å². The fraction of sp³-hybridized carbons (Fsp3) is 0.250. The lowest BCUT2D eigenvalue weighted by molar-refractivity contribution is -0.131. The average molecular weight is 255 g/mol. The van der Waals surface area contributed by atoms with Gasteiger partial charge in [0.15, 0.2) is 5.65 Å². The van der Waals surface area contributed by atoms with Gasteiger partial charge < -0.3 is 9.72 Å². The van der Waals surface area contributed by atoms with Gasteiger partial charge in [0, 0.05) is 25.1 Å². The fourth-order valence-corrected chi connectivity index (χ4v) is 1.64. The number of hydrogen-bond acceptors (Lipinski definition) is 2. The predicted molar refractivity (Wildman–Crippen MR) is 64.4 cm³/mol. The molecule has 0 fully saturated rings. The van der Waals surface area contributed by atoms with Gasteiger partial charge in [-0.05, 0) is 11.6 Å². The molecule has 0 aliphatic carbocycles. The maximum absolute atomic E-state index is 12.1. The lowest BCUT2D eigenvalue weighted by Gasteiger charge is -2.10. The van der Waals surface area contributed by atoms with Crippen LogP contribution in [0.2, 0.25) is 0 Å². The molecule has 2 aromatic heterocycles. The molecular weight excluding hydrogens is 243 g/mol. The lowest BCUT2D eigenvalue weighted by Crippen LogP contribution is -2.15. The van der Waals surface area contributed by atoms with Gasteiger partial charge in [0.1, 0.15) is 0 Å². The molecule has 0 aliphatic heterocycles. The van der Waals surface area contributed by atoms with Crippen LogP contribution in [0.15, 0.2) is 31.2 Å². The van der Waals surface area contributed by atoms with Gasteiger partial charge in [-0.2, -0.15) is 13.2 Å². The third-order valence-electron chi connectivity index (χ3n) is 2.47. The van der Waals surface area contributed by atoms with Crippen molar-refractivity contribution in [3.8, 4) is 0 Å². The molecule has 96 valence electrons. The summed E-state index contributed by atoms with van der Waals surface area (Å²) in [6.07, 6.45) is 1.74. The maximum Gasteiger partial charge on any atom is 0.390 e. The van der Waals surface area contributed by atoms with Crippen molar-refractivity contribution in [2.45, 2.75) is 12.6 Å². The number of anilines is 1. The first kappa shape index (κ1) is 12.5. The van der Waals surface area contributed by atoms with Crippen LogP contribution in [0.1, 0.15) is 12.0 Å². The lowest BCUT2D eigenvalue weighted by atomic mass is 10.2. The van der Waals surface area contributed by atoms with Crippen molar-refractivity contribution >= 4 is 17.4 Å². The number of alkyl halides is 3. The van der Waals surface area contributed by atoms with E-state index in [1.54, 1.807) is 28.9 Å². The van der Waals surface area contributed by atoms with Crippen molar-refractivity contribution in [3.05, 3.63) is 36.8 Å². The fourth-order valence-electron chi connectivity index (χ4n) is 1.64. The Balaban J connectivity index is 2.21. The highest BCUT2D eigenvalue weighted by Gasteiger charge is 2.26. The zero-order chi connectivity index (χ0) is 13.2. The van der Waals surface area contributed by atoms with Gasteiger partial charge in [0.25, 0.3) is 0 Å². The van der Waals surface area contributed by atoms with Crippen LogP contribution in [0.4, 0.5) is 18.9 Å². The number of nitrogens with one attached hydrogen (secondary N) is 1. The van der Waals surface area contributed by atoms with Gasteiger partial charge in [-0.15, -0.1) is 0 Å². The third-order valence-corrected chi connectivity index (χ3v) is 2.47. The highest BCUT2D eigenvalue weighted by molar-refractivity contribution is 5.71. The second-order valence-corrected chi connectivity index (χ2v) is 3.84. The normalized spacial score (nSPS) is 11.7. The molecule has 18 heavy (non-hydrogen) atoms. The molecule has 0 atom stereocenters. The Morgan fingerprint density at radius 2 is 2.22 bits per heavy atom. The van der Waals surface area contributed by atoms with Crippen LogP contribution in [0.5, 0.6) is 0 Å². The van der Waals surface area contributed by atoms with E-state index in [1.165, 1.54) is 0 Å². The summed E-state index contributed by atoms with van der Waals surface area (Å²) in [6.45, 7) is 3.47.